The third-order valence-corrected chi connectivity index (χ3v) is 6.06. The third-order valence-electron chi connectivity index (χ3n) is 6.06. The molecule has 0 spiro atoms. The summed E-state index contributed by atoms with van der Waals surface area (Å²) in [5.74, 6) is 2.37. The van der Waals surface area contributed by atoms with Crippen LogP contribution < -0.4 is 19.7 Å². The van der Waals surface area contributed by atoms with Crippen LogP contribution >= 0.6 is 0 Å². The molecular weight excluding hydrogens is 380 g/mol. The lowest BCUT2D eigenvalue weighted by molar-refractivity contribution is -0.125. The number of nitrogens with zero attached hydrogens (tertiary/aromatic N) is 3. The fourth-order valence-corrected chi connectivity index (χ4v) is 4.30. The Balaban J connectivity index is 1.30. The fourth-order valence-electron chi connectivity index (χ4n) is 4.30. The number of aromatic nitrogens is 2. The van der Waals surface area contributed by atoms with Crippen LogP contribution in [0.2, 0.25) is 0 Å². The molecule has 0 radical (unpaired) electrons. The van der Waals surface area contributed by atoms with E-state index in [2.05, 4.69) is 15.2 Å². The molecule has 1 amide bonds. The maximum Gasteiger partial charge on any atom is 0.225 e. The van der Waals surface area contributed by atoms with Gasteiger partial charge in [-0.05, 0) is 61.8 Å². The Morgan fingerprint density at radius 3 is 2.77 bits per heavy atom. The van der Waals surface area contributed by atoms with Gasteiger partial charge in [-0.25, -0.2) is 9.97 Å². The first-order valence-corrected chi connectivity index (χ1v) is 10.8. The molecule has 2 aliphatic rings. The summed E-state index contributed by atoms with van der Waals surface area (Å²) >= 11 is 0. The molecule has 4 rings (SSSR count). The zero-order valence-corrected chi connectivity index (χ0v) is 17.8. The van der Waals surface area contributed by atoms with E-state index < -0.39 is 0 Å². The van der Waals surface area contributed by atoms with Gasteiger partial charge in [-0.1, -0.05) is 6.07 Å². The number of nitrogens with one attached hydrogen (secondary N) is 1. The zero-order chi connectivity index (χ0) is 20.9. The van der Waals surface area contributed by atoms with E-state index in [4.69, 9.17) is 14.5 Å². The number of anilines is 1. The summed E-state index contributed by atoms with van der Waals surface area (Å²) in [6, 6.07) is 5.85. The molecule has 1 aliphatic carbocycles. The number of benzene rings is 1. The number of hydrogen-bond acceptors (Lipinski definition) is 6. The highest BCUT2D eigenvalue weighted by Gasteiger charge is 2.27. The van der Waals surface area contributed by atoms with Crippen LogP contribution in [-0.4, -0.2) is 49.7 Å². The predicted molar refractivity (Wildman–Crippen MR) is 115 cm³/mol. The third kappa shape index (κ3) is 4.50. The van der Waals surface area contributed by atoms with Crippen LogP contribution in [0.1, 0.15) is 36.1 Å². The van der Waals surface area contributed by atoms with Crippen molar-refractivity contribution >= 4 is 11.9 Å². The van der Waals surface area contributed by atoms with Crippen molar-refractivity contribution in [2.45, 2.75) is 38.5 Å². The van der Waals surface area contributed by atoms with E-state index in [-0.39, 0.29) is 11.8 Å². The van der Waals surface area contributed by atoms with Gasteiger partial charge >= 0.3 is 0 Å². The van der Waals surface area contributed by atoms with Gasteiger partial charge in [0.25, 0.3) is 0 Å². The number of carbonyl (C=O) groups excluding carboxylic acids is 1. The van der Waals surface area contributed by atoms with E-state index in [0.29, 0.717) is 18.0 Å². The zero-order valence-electron chi connectivity index (χ0n) is 17.8. The van der Waals surface area contributed by atoms with Crippen molar-refractivity contribution in [3.63, 3.8) is 0 Å². The standard InChI is InChI=1S/C23H30N4O3/c1-29-20-8-5-16(13-21(20)30-2)9-10-24-22(28)17-6-7-19-18(14-17)15-25-23(26-19)27-11-3-4-12-27/h5,8,13,15,17H,3-4,6-7,9-12,14H2,1-2H3,(H,24,28)/t17-/m0/s1. The van der Waals surface area contributed by atoms with E-state index in [0.717, 1.165) is 61.5 Å². The molecule has 1 fully saturated rings. The van der Waals surface area contributed by atoms with Crippen LogP contribution in [0, 0.1) is 5.92 Å². The number of methoxy groups -OCH3 is 2. The van der Waals surface area contributed by atoms with Crippen LogP contribution in [0.4, 0.5) is 5.95 Å². The molecule has 1 aliphatic heterocycles. The largest absolute Gasteiger partial charge is 0.493 e. The number of carbonyl (C=O) groups is 1. The summed E-state index contributed by atoms with van der Waals surface area (Å²) in [6.07, 6.45) is 7.50. The maximum absolute atomic E-state index is 12.7. The minimum absolute atomic E-state index is 0.0101. The summed E-state index contributed by atoms with van der Waals surface area (Å²) in [5.41, 5.74) is 3.33. The van der Waals surface area contributed by atoms with E-state index in [1.807, 2.05) is 24.4 Å². The van der Waals surface area contributed by atoms with Gasteiger partial charge in [-0.15, -0.1) is 0 Å². The second-order valence-corrected chi connectivity index (χ2v) is 8.01. The van der Waals surface area contributed by atoms with Crippen molar-refractivity contribution < 1.29 is 14.3 Å². The average Bonchev–Trinajstić information content (AvgIpc) is 3.33. The minimum Gasteiger partial charge on any atom is -0.493 e. The maximum atomic E-state index is 12.7. The first kappa shape index (κ1) is 20.4. The average molecular weight is 411 g/mol. The highest BCUT2D eigenvalue weighted by molar-refractivity contribution is 5.79. The molecule has 30 heavy (non-hydrogen) atoms. The number of ether oxygens (including phenoxy) is 2. The molecule has 2 aromatic rings. The Bertz CT molecular complexity index is 896. The van der Waals surface area contributed by atoms with Gasteiger partial charge in [0, 0.05) is 37.4 Å². The van der Waals surface area contributed by atoms with E-state index >= 15 is 0 Å². The Labute approximate surface area is 177 Å². The molecule has 0 bridgehead atoms. The summed E-state index contributed by atoms with van der Waals surface area (Å²) in [7, 11) is 3.25. The van der Waals surface area contributed by atoms with E-state index in [1.165, 1.54) is 12.8 Å². The van der Waals surface area contributed by atoms with Crippen molar-refractivity contribution in [1.82, 2.24) is 15.3 Å². The summed E-state index contributed by atoms with van der Waals surface area (Å²) in [6.45, 7) is 2.69. The Morgan fingerprint density at radius 1 is 1.20 bits per heavy atom. The summed E-state index contributed by atoms with van der Waals surface area (Å²) < 4.78 is 10.6. The first-order chi connectivity index (χ1) is 14.7. The van der Waals surface area contributed by atoms with Crippen LogP contribution in [0.25, 0.3) is 0 Å². The molecule has 7 heteroatoms. The molecular formula is C23H30N4O3. The lowest BCUT2D eigenvalue weighted by Crippen LogP contribution is -2.35. The smallest absolute Gasteiger partial charge is 0.225 e. The van der Waals surface area contributed by atoms with Crippen LogP contribution in [0.15, 0.2) is 24.4 Å². The molecule has 1 atom stereocenters. The van der Waals surface area contributed by atoms with Gasteiger partial charge in [-0.3, -0.25) is 4.79 Å². The molecule has 0 unspecified atom stereocenters. The summed E-state index contributed by atoms with van der Waals surface area (Å²) in [5, 5.41) is 3.09. The molecule has 1 N–H and O–H groups in total. The second kappa shape index (κ2) is 9.32. The highest BCUT2D eigenvalue weighted by atomic mass is 16.5. The molecule has 7 nitrogen and oxygen atoms in total. The van der Waals surface area contributed by atoms with Crippen LogP contribution in [0.5, 0.6) is 11.5 Å². The van der Waals surface area contributed by atoms with Gasteiger partial charge < -0.3 is 19.7 Å². The molecule has 1 aromatic heterocycles. The number of amides is 1. The van der Waals surface area contributed by atoms with E-state index in [1.54, 1.807) is 14.2 Å². The van der Waals surface area contributed by atoms with Crippen molar-refractivity contribution in [1.29, 1.82) is 0 Å². The number of aryl methyl sites for hydroxylation is 1. The molecule has 0 saturated carbocycles. The fraction of sp³-hybridized carbons (Fsp3) is 0.522. The lowest BCUT2D eigenvalue weighted by atomic mass is 9.86. The second-order valence-electron chi connectivity index (χ2n) is 8.01. The van der Waals surface area contributed by atoms with Crippen molar-refractivity contribution in [2.24, 2.45) is 5.92 Å². The van der Waals surface area contributed by atoms with Gasteiger partial charge in [-0.2, -0.15) is 0 Å². The lowest BCUT2D eigenvalue weighted by Gasteiger charge is -2.24. The Kier molecular flexibility index (Phi) is 6.35. The Hall–Kier alpha value is -2.83. The molecule has 2 heterocycles. The van der Waals surface area contributed by atoms with Gasteiger partial charge in [0.2, 0.25) is 11.9 Å². The minimum atomic E-state index is -0.0101. The van der Waals surface area contributed by atoms with E-state index in [9.17, 15) is 4.79 Å². The van der Waals surface area contributed by atoms with Crippen LogP contribution in [-0.2, 0) is 24.1 Å². The van der Waals surface area contributed by atoms with Gasteiger partial charge in [0.15, 0.2) is 11.5 Å². The normalized spacial score (nSPS) is 18.1. The number of hydrogen-bond donors (Lipinski definition) is 1. The quantitative estimate of drug-likeness (QED) is 0.756. The van der Waals surface area contributed by atoms with Crippen LogP contribution in [0.3, 0.4) is 0 Å². The highest BCUT2D eigenvalue weighted by Crippen LogP contribution is 2.28. The van der Waals surface area contributed by atoms with Gasteiger partial charge in [0.05, 0.1) is 14.2 Å². The predicted octanol–water partition coefficient (Wildman–Crippen LogP) is 2.56. The number of rotatable bonds is 7. The van der Waals surface area contributed by atoms with Crippen molar-refractivity contribution in [3.05, 3.63) is 41.2 Å². The molecule has 160 valence electrons. The first-order valence-electron chi connectivity index (χ1n) is 10.8. The SMILES string of the molecule is COc1ccc(CCNC(=O)[C@H]2CCc3nc(N4CCCC4)ncc3C2)cc1OC. The topological polar surface area (TPSA) is 76.6 Å². The number of fused-ring (bicyclic) bond motifs is 1. The van der Waals surface area contributed by atoms with Crippen molar-refractivity contribution in [3.8, 4) is 11.5 Å². The monoisotopic (exact) mass is 410 g/mol. The Morgan fingerprint density at radius 2 is 2.00 bits per heavy atom. The summed E-state index contributed by atoms with van der Waals surface area (Å²) in [4.78, 5) is 24.3. The van der Waals surface area contributed by atoms with Crippen molar-refractivity contribution in [2.75, 3.05) is 38.8 Å². The molecule has 1 saturated heterocycles. The van der Waals surface area contributed by atoms with Gasteiger partial charge in [0.1, 0.15) is 0 Å². The molecule has 1 aromatic carbocycles.